The second-order valence-corrected chi connectivity index (χ2v) is 12.2. The molecule has 260 valence electrons. The van der Waals surface area contributed by atoms with Crippen molar-refractivity contribution in [1.82, 2.24) is 19.7 Å². The van der Waals surface area contributed by atoms with Crippen LogP contribution in [0.25, 0.3) is 27.5 Å². The molecule has 3 heterocycles. The molecule has 51 heavy (non-hydrogen) atoms. The number of nitrogens with one attached hydrogen (secondary N) is 1. The first-order valence-corrected chi connectivity index (χ1v) is 16.7. The number of anilines is 1. The average Bonchev–Trinajstić information content (AvgIpc) is 3.15. The third-order valence-corrected chi connectivity index (χ3v) is 8.78. The zero-order valence-corrected chi connectivity index (χ0v) is 28.4. The number of hydrogen-bond acceptors (Lipinski definition) is 9. The Hall–Kier alpha value is -5.56. The van der Waals surface area contributed by atoms with Crippen molar-refractivity contribution in [2.75, 3.05) is 51.9 Å². The Bertz CT molecular complexity index is 2290. The van der Waals surface area contributed by atoms with Gasteiger partial charge in [-0.05, 0) is 55.0 Å². The van der Waals surface area contributed by atoms with Gasteiger partial charge in [0.2, 0.25) is 5.43 Å². The van der Waals surface area contributed by atoms with Gasteiger partial charge in [0, 0.05) is 49.0 Å². The van der Waals surface area contributed by atoms with Gasteiger partial charge in [-0.2, -0.15) is 5.10 Å². The van der Waals surface area contributed by atoms with Gasteiger partial charge < -0.3 is 24.3 Å². The third kappa shape index (κ3) is 7.34. The predicted octanol–water partition coefficient (Wildman–Crippen LogP) is 6.88. The summed E-state index contributed by atoms with van der Waals surface area (Å²) in [5.74, 6) is -0.277. The van der Waals surface area contributed by atoms with Crippen LogP contribution in [-0.4, -0.2) is 72.1 Å². The summed E-state index contributed by atoms with van der Waals surface area (Å²) in [6.45, 7) is 4.74. The Morgan fingerprint density at radius 3 is 2.55 bits per heavy atom. The lowest BCUT2D eigenvalue weighted by atomic mass is 10.1. The summed E-state index contributed by atoms with van der Waals surface area (Å²) >= 11 is 6.44. The van der Waals surface area contributed by atoms with E-state index in [1.54, 1.807) is 80.0 Å². The number of ether oxygens (including phenoxy) is 4. The molecule has 13 heteroatoms. The molecule has 0 aliphatic carbocycles. The highest BCUT2D eigenvalue weighted by molar-refractivity contribution is 6.32. The van der Waals surface area contributed by atoms with Gasteiger partial charge in [0.05, 0.1) is 54.1 Å². The molecule has 7 rings (SSSR count). The minimum Gasteiger partial charge on any atom is -0.493 e. The van der Waals surface area contributed by atoms with Crippen molar-refractivity contribution in [3.05, 3.63) is 118 Å². The van der Waals surface area contributed by atoms with E-state index in [-0.39, 0.29) is 22.5 Å². The first kappa shape index (κ1) is 33.9. The van der Waals surface area contributed by atoms with Crippen molar-refractivity contribution in [3.8, 4) is 28.7 Å². The molecular weight excluding hydrogens is 677 g/mol. The lowest BCUT2D eigenvalue weighted by Crippen LogP contribution is -2.37. The maximum absolute atomic E-state index is 15.5. The number of benzene rings is 4. The molecule has 0 atom stereocenters. The molecule has 1 aliphatic heterocycles. The van der Waals surface area contributed by atoms with E-state index >= 15 is 4.39 Å². The predicted molar refractivity (Wildman–Crippen MR) is 192 cm³/mol. The van der Waals surface area contributed by atoms with Crippen LogP contribution in [0.4, 0.5) is 10.1 Å². The minimum atomic E-state index is -0.814. The van der Waals surface area contributed by atoms with Crippen molar-refractivity contribution in [2.45, 2.75) is 6.42 Å². The number of carbonyl (C=O) groups excluding carboxylic acids is 1. The SMILES string of the molecule is COc1cc2c(Oc3ccc(NC(=O)c4nn(-c5ccccc5Cl)c5ccccc5c4=O)cc3F)ccnc2cc1OCCCN1CCOCC1. The van der Waals surface area contributed by atoms with E-state index in [0.717, 1.165) is 45.3 Å². The van der Waals surface area contributed by atoms with Crippen LogP contribution in [0.2, 0.25) is 5.02 Å². The number of pyridine rings is 1. The fraction of sp³-hybridized carbons (Fsp3) is 0.211. The van der Waals surface area contributed by atoms with Crippen molar-refractivity contribution in [1.29, 1.82) is 0 Å². The molecule has 0 unspecified atom stereocenters. The Morgan fingerprint density at radius 1 is 0.941 bits per heavy atom. The van der Waals surface area contributed by atoms with E-state index in [1.807, 2.05) is 0 Å². The molecule has 6 aromatic rings. The number of rotatable bonds is 11. The summed E-state index contributed by atoms with van der Waals surface area (Å²) in [6.07, 6.45) is 2.40. The Morgan fingerprint density at radius 2 is 1.75 bits per heavy atom. The van der Waals surface area contributed by atoms with Crippen LogP contribution >= 0.6 is 11.6 Å². The summed E-state index contributed by atoms with van der Waals surface area (Å²) in [7, 11) is 1.55. The summed E-state index contributed by atoms with van der Waals surface area (Å²) in [6, 6.07) is 22.8. The molecule has 0 saturated carbocycles. The number of hydrogen-bond donors (Lipinski definition) is 1. The first-order valence-electron chi connectivity index (χ1n) is 16.3. The number of amides is 1. The average molecular weight is 710 g/mol. The second-order valence-electron chi connectivity index (χ2n) is 11.7. The molecule has 0 radical (unpaired) electrons. The summed E-state index contributed by atoms with van der Waals surface area (Å²) in [4.78, 5) is 33.6. The van der Waals surface area contributed by atoms with E-state index in [9.17, 15) is 9.59 Å². The Balaban J connectivity index is 1.09. The lowest BCUT2D eigenvalue weighted by Gasteiger charge is -2.26. The molecule has 1 fully saturated rings. The van der Waals surface area contributed by atoms with Crippen molar-refractivity contribution < 1.29 is 28.1 Å². The monoisotopic (exact) mass is 709 g/mol. The van der Waals surface area contributed by atoms with Crippen LogP contribution in [0, 0.1) is 5.82 Å². The maximum Gasteiger partial charge on any atom is 0.280 e. The molecule has 4 aromatic carbocycles. The van der Waals surface area contributed by atoms with E-state index in [4.69, 9.17) is 30.5 Å². The number of methoxy groups -OCH3 is 1. The van der Waals surface area contributed by atoms with E-state index < -0.39 is 17.2 Å². The number of morpholine rings is 1. The number of fused-ring (bicyclic) bond motifs is 2. The van der Waals surface area contributed by atoms with Gasteiger partial charge >= 0.3 is 0 Å². The molecule has 0 spiro atoms. The van der Waals surface area contributed by atoms with Crippen LogP contribution < -0.4 is 25.0 Å². The normalized spacial score (nSPS) is 13.3. The molecule has 0 bridgehead atoms. The van der Waals surface area contributed by atoms with E-state index in [1.165, 1.54) is 16.8 Å². The highest BCUT2D eigenvalue weighted by Gasteiger charge is 2.20. The second kappa shape index (κ2) is 15.1. The fourth-order valence-corrected chi connectivity index (χ4v) is 6.10. The number of halogens is 2. The Kier molecular flexibility index (Phi) is 10.1. The van der Waals surface area contributed by atoms with Crippen molar-refractivity contribution in [3.63, 3.8) is 0 Å². The maximum atomic E-state index is 15.5. The summed E-state index contributed by atoms with van der Waals surface area (Å²) < 4.78 is 40.0. The largest absolute Gasteiger partial charge is 0.493 e. The van der Waals surface area contributed by atoms with Crippen LogP contribution in [-0.2, 0) is 4.74 Å². The molecular formula is C38H33ClFN5O6. The van der Waals surface area contributed by atoms with E-state index in [2.05, 4.69) is 20.3 Å². The van der Waals surface area contributed by atoms with Gasteiger partial charge in [-0.3, -0.25) is 19.5 Å². The number of para-hydroxylation sites is 2. The molecule has 1 N–H and O–H groups in total. The molecule has 11 nitrogen and oxygen atoms in total. The van der Waals surface area contributed by atoms with Crippen LogP contribution in [0.15, 0.2) is 95.9 Å². The molecule has 1 aliphatic rings. The standard InChI is InChI=1S/C38H33ClFN5O6/c1-48-34-22-26-29(23-35(34)50-18-6-15-44-16-19-49-20-17-44)41-14-13-32(26)51-33-12-11-24(21-28(33)40)42-38(47)36-37(46)25-7-2-4-9-30(25)45(43-36)31-10-5-3-8-27(31)39/h2-5,7-14,21-23H,6,15-20H2,1H3,(H,42,47). The van der Waals surface area contributed by atoms with Gasteiger partial charge in [-0.1, -0.05) is 35.9 Å². The van der Waals surface area contributed by atoms with Crippen molar-refractivity contribution in [2.24, 2.45) is 0 Å². The fourth-order valence-electron chi connectivity index (χ4n) is 5.89. The number of nitrogens with zero attached hydrogens (tertiary/aromatic N) is 4. The topological polar surface area (TPSA) is 117 Å². The highest BCUT2D eigenvalue weighted by atomic mass is 35.5. The van der Waals surface area contributed by atoms with Gasteiger partial charge in [-0.15, -0.1) is 0 Å². The van der Waals surface area contributed by atoms with Crippen LogP contribution in [0.1, 0.15) is 16.9 Å². The number of aromatic nitrogens is 3. The Labute approximate surface area is 297 Å². The number of carbonyl (C=O) groups is 1. The molecule has 2 aromatic heterocycles. The lowest BCUT2D eigenvalue weighted by molar-refractivity contribution is 0.0357. The smallest absolute Gasteiger partial charge is 0.280 e. The van der Waals surface area contributed by atoms with Crippen LogP contribution in [0.3, 0.4) is 0 Å². The highest BCUT2D eigenvalue weighted by Crippen LogP contribution is 2.38. The zero-order valence-electron chi connectivity index (χ0n) is 27.6. The van der Waals surface area contributed by atoms with Crippen molar-refractivity contribution >= 4 is 45.0 Å². The first-order chi connectivity index (χ1) is 24.9. The van der Waals surface area contributed by atoms with Gasteiger partial charge in [0.1, 0.15) is 5.75 Å². The summed E-state index contributed by atoms with van der Waals surface area (Å²) in [5, 5.41) is 8.20. The quantitative estimate of drug-likeness (QED) is 0.144. The molecule has 1 amide bonds. The molecule has 1 saturated heterocycles. The van der Waals surface area contributed by atoms with Gasteiger partial charge in [-0.25, -0.2) is 9.07 Å². The van der Waals surface area contributed by atoms with Crippen LogP contribution in [0.5, 0.6) is 23.0 Å². The van der Waals surface area contributed by atoms with Gasteiger partial charge in [0.15, 0.2) is 28.8 Å². The summed E-state index contributed by atoms with van der Waals surface area (Å²) in [5.41, 5.74) is 0.678. The minimum absolute atomic E-state index is 0.0900. The zero-order chi connectivity index (χ0) is 35.3. The van der Waals surface area contributed by atoms with E-state index in [0.29, 0.717) is 51.0 Å². The van der Waals surface area contributed by atoms with Gasteiger partial charge in [0.25, 0.3) is 5.91 Å². The third-order valence-electron chi connectivity index (χ3n) is 8.46.